The SMILES string of the molecule is CCOC(=O)C1=C(O)/C(=C/c2cc(Cl)c(OCc3ccccc3F)c(OC)c2)SC1=Nc1ccccc1. The number of aliphatic imine (C=N–C) groups is 1. The highest BCUT2D eigenvalue weighted by molar-refractivity contribution is 8.18. The molecule has 0 fully saturated rings. The van der Waals surface area contributed by atoms with E-state index in [1.54, 1.807) is 55.5 Å². The van der Waals surface area contributed by atoms with E-state index >= 15 is 0 Å². The van der Waals surface area contributed by atoms with E-state index < -0.39 is 5.97 Å². The highest BCUT2D eigenvalue weighted by Crippen LogP contribution is 2.42. The number of benzene rings is 3. The van der Waals surface area contributed by atoms with Crippen molar-refractivity contribution < 1.29 is 28.5 Å². The molecule has 4 rings (SSSR count). The summed E-state index contributed by atoms with van der Waals surface area (Å²) in [5.74, 6) is -0.714. The van der Waals surface area contributed by atoms with Gasteiger partial charge in [0, 0.05) is 5.56 Å². The molecule has 9 heteroatoms. The molecule has 190 valence electrons. The van der Waals surface area contributed by atoms with Crippen molar-refractivity contribution in [3.8, 4) is 11.5 Å². The van der Waals surface area contributed by atoms with Crippen LogP contribution in [0.2, 0.25) is 5.02 Å². The summed E-state index contributed by atoms with van der Waals surface area (Å²) in [4.78, 5) is 17.5. The summed E-state index contributed by atoms with van der Waals surface area (Å²) in [7, 11) is 1.46. The average molecular weight is 540 g/mol. The van der Waals surface area contributed by atoms with Gasteiger partial charge < -0.3 is 19.3 Å². The van der Waals surface area contributed by atoms with Crippen LogP contribution in [0.3, 0.4) is 0 Å². The van der Waals surface area contributed by atoms with Crippen LogP contribution in [0.4, 0.5) is 10.1 Å². The highest BCUT2D eigenvalue weighted by Gasteiger charge is 2.33. The first kappa shape index (κ1) is 26.3. The van der Waals surface area contributed by atoms with Crippen molar-refractivity contribution in [2.45, 2.75) is 13.5 Å². The summed E-state index contributed by atoms with van der Waals surface area (Å²) in [6, 6.07) is 18.7. The molecule has 6 nitrogen and oxygen atoms in total. The number of esters is 1. The van der Waals surface area contributed by atoms with Crippen LogP contribution in [0.1, 0.15) is 18.1 Å². The lowest BCUT2D eigenvalue weighted by atomic mass is 10.1. The van der Waals surface area contributed by atoms with Crippen LogP contribution < -0.4 is 9.47 Å². The predicted molar refractivity (Wildman–Crippen MR) is 144 cm³/mol. The van der Waals surface area contributed by atoms with E-state index in [1.165, 1.54) is 13.2 Å². The third-order valence-corrected chi connectivity index (χ3v) is 6.54. The molecule has 0 radical (unpaired) electrons. The molecule has 0 spiro atoms. The van der Waals surface area contributed by atoms with Gasteiger partial charge in [-0.25, -0.2) is 14.2 Å². The quantitative estimate of drug-likeness (QED) is 0.303. The zero-order valence-corrected chi connectivity index (χ0v) is 21.6. The maximum Gasteiger partial charge on any atom is 0.344 e. The maximum atomic E-state index is 14.0. The van der Waals surface area contributed by atoms with Crippen LogP contribution in [0, 0.1) is 5.82 Å². The largest absolute Gasteiger partial charge is 0.506 e. The zero-order valence-electron chi connectivity index (χ0n) is 20.0. The van der Waals surface area contributed by atoms with E-state index in [4.69, 9.17) is 25.8 Å². The minimum Gasteiger partial charge on any atom is -0.506 e. The van der Waals surface area contributed by atoms with Gasteiger partial charge in [-0.3, -0.25) is 0 Å². The maximum absolute atomic E-state index is 14.0. The van der Waals surface area contributed by atoms with E-state index in [-0.39, 0.29) is 41.1 Å². The third-order valence-electron chi connectivity index (χ3n) is 5.24. The van der Waals surface area contributed by atoms with Gasteiger partial charge in [0.15, 0.2) is 11.5 Å². The van der Waals surface area contributed by atoms with Crippen molar-refractivity contribution in [2.24, 2.45) is 4.99 Å². The number of nitrogens with zero attached hydrogens (tertiary/aromatic N) is 1. The van der Waals surface area contributed by atoms with Crippen LogP contribution >= 0.6 is 23.4 Å². The van der Waals surface area contributed by atoms with Crippen LogP contribution in [0.5, 0.6) is 11.5 Å². The molecule has 0 atom stereocenters. The Balaban J connectivity index is 1.67. The summed E-state index contributed by atoms with van der Waals surface area (Å²) >= 11 is 7.62. The Kier molecular flexibility index (Phi) is 8.53. The van der Waals surface area contributed by atoms with E-state index in [0.29, 0.717) is 32.5 Å². The number of thioether (sulfide) groups is 1. The molecule has 0 aromatic heterocycles. The van der Waals surface area contributed by atoms with Crippen LogP contribution in [0.15, 0.2) is 88.0 Å². The minimum atomic E-state index is -0.668. The van der Waals surface area contributed by atoms with Crippen molar-refractivity contribution >= 4 is 46.1 Å². The van der Waals surface area contributed by atoms with E-state index in [9.17, 15) is 14.3 Å². The molecule has 1 N–H and O–H groups in total. The van der Waals surface area contributed by atoms with Gasteiger partial charge in [-0.1, -0.05) is 59.8 Å². The summed E-state index contributed by atoms with van der Waals surface area (Å²) in [5.41, 5.74) is 1.58. The zero-order chi connectivity index (χ0) is 26.4. The fourth-order valence-electron chi connectivity index (χ4n) is 3.49. The monoisotopic (exact) mass is 539 g/mol. The van der Waals surface area contributed by atoms with Gasteiger partial charge >= 0.3 is 5.97 Å². The number of halogens is 2. The number of rotatable bonds is 8. The smallest absolute Gasteiger partial charge is 0.344 e. The molecule has 1 aliphatic rings. The van der Waals surface area contributed by atoms with Gasteiger partial charge in [-0.2, -0.15) is 0 Å². The van der Waals surface area contributed by atoms with Crippen molar-refractivity contribution in [1.82, 2.24) is 0 Å². The summed E-state index contributed by atoms with van der Waals surface area (Å²) in [6.45, 7) is 1.80. The standard InChI is InChI=1S/C28H23ClFNO5S/c1-3-35-28(33)24-25(32)23(37-27(24)31-19-10-5-4-6-11-19)15-17-13-20(29)26(22(14-17)34-2)36-16-18-9-7-8-12-21(18)30/h4-15,32H,3,16H2,1-2H3/b23-15-,31-27?. The van der Waals surface area contributed by atoms with Gasteiger partial charge in [0.25, 0.3) is 0 Å². The summed E-state index contributed by atoms with van der Waals surface area (Å²) < 4.78 is 30.4. The Morgan fingerprint density at radius 3 is 2.57 bits per heavy atom. The fraction of sp³-hybridized carbons (Fsp3) is 0.143. The number of aliphatic hydroxyl groups is 1. The second kappa shape index (κ2) is 12.0. The lowest BCUT2D eigenvalue weighted by molar-refractivity contribution is -0.138. The summed E-state index contributed by atoms with van der Waals surface area (Å²) in [5, 5.41) is 11.5. The van der Waals surface area contributed by atoms with E-state index in [1.807, 2.05) is 18.2 Å². The Bertz CT molecular complexity index is 1400. The van der Waals surface area contributed by atoms with Gasteiger partial charge in [0.1, 0.15) is 28.8 Å². The molecule has 1 heterocycles. The van der Waals surface area contributed by atoms with Crippen molar-refractivity contribution in [1.29, 1.82) is 0 Å². The number of aliphatic hydroxyl groups excluding tert-OH is 1. The van der Waals surface area contributed by atoms with Gasteiger partial charge in [-0.05, 0) is 48.9 Å². The Labute approximate surface area is 223 Å². The number of para-hydroxylation sites is 1. The molecule has 37 heavy (non-hydrogen) atoms. The first-order chi connectivity index (χ1) is 17.9. The Hall–Kier alpha value is -3.75. The highest BCUT2D eigenvalue weighted by atomic mass is 35.5. The third kappa shape index (κ3) is 6.15. The number of ether oxygens (including phenoxy) is 3. The first-order valence-corrected chi connectivity index (χ1v) is 12.5. The molecule has 0 aliphatic carbocycles. The lowest BCUT2D eigenvalue weighted by Gasteiger charge is -2.14. The number of methoxy groups -OCH3 is 1. The predicted octanol–water partition coefficient (Wildman–Crippen LogP) is 7.26. The van der Waals surface area contributed by atoms with Gasteiger partial charge in [0.05, 0.1) is 29.3 Å². The van der Waals surface area contributed by atoms with Crippen molar-refractivity contribution in [3.05, 3.63) is 105 Å². The van der Waals surface area contributed by atoms with E-state index in [2.05, 4.69) is 4.99 Å². The molecule has 0 amide bonds. The normalized spacial score (nSPS) is 15.4. The van der Waals surface area contributed by atoms with Crippen LogP contribution in [-0.4, -0.2) is 29.8 Å². The Morgan fingerprint density at radius 2 is 1.86 bits per heavy atom. The summed E-state index contributed by atoms with van der Waals surface area (Å²) in [6.07, 6.45) is 1.65. The topological polar surface area (TPSA) is 77.4 Å². The minimum absolute atomic E-state index is 0.00939. The second-order valence-electron chi connectivity index (χ2n) is 7.72. The van der Waals surface area contributed by atoms with Gasteiger partial charge in [-0.15, -0.1) is 0 Å². The molecule has 3 aromatic carbocycles. The molecular weight excluding hydrogens is 517 g/mol. The first-order valence-electron chi connectivity index (χ1n) is 11.3. The molecule has 0 saturated carbocycles. The molecule has 3 aromatic rings. The molecule has 0 saturated heterocycles. The molecule has 1 aliphatic heterocycles. The molecular formula is C28H23ClFNO5S. The molecule has 0 unspecified atom stereocenters. The second-order valence-corrected chi connectivity index (χ2v) is 9.16. The van der Waals surface area contributed by atoms with E-state index in [0.717, 1.165) is 11.8 Å². The van der Waals surface area contributed by atoms with Crippen LogP contribution in [-0.2, 0) is 16.1 Å². The number of hydrogen-bond donors (Lipinski definition) is 1. The fourth-order valence-corrected chi connectivity index (χ4v) is 4.80. The van der Waals surface area contributed by atoms with Crippen LogP contribution in [0.25, 0.3) is 6.08 Å². The Morgan fingerprint density at radius 1 is 1.14 bits per heavy atom. The average Bonchev–Trinajstić information content (AvgIpc) is 3.18. The number of carbonyl (C=O) groups is 1. The van der Waals surface area contributed by atoms with Crippen molar-refractivity contribution in [2.75, 3.05) is 13.7 Å². The lowest BCUT2D eigenvalue weighted by Crippen LogP contribution is -2.12. The van der Waals surface area contributed by atoms with Crippen molar-refractivity contribution in [3.63, 3.8) is 0 Å². The van der Waals surface area contributed by atoms with Gasteiger partial charge in [0.2, 0.25) is 0 Å². The number of carbonyl (C=O) groups excluding carboxylic acids is 1. The molecule has 0 bridgehead atoms. The number of hydrogen-bond acceptors (Lipinski definition) is 7.